The van der Waals surface area contributed by atoms with E-state index in [1.807, 2.05) is 24.3 Å². The van der Waals surface area contributed by atoms with E-state index in [-0.39, 0.29) is 5.91 Å². The summed E-state index contributed by atoms with van der Waals surface area (Å²) in [4.78, 5) is 12.1. The molecule has 0 spiro atoms. The fourth-order valence-corrected chi connectivity index (χ4v) is 3.13. The largest absolute Gasteiger partial charge is 0.322 e. The van der Waals surface area contributed by atoms with Crippen molar-refractivity contribution < 1.29 is 4.79 Å². The molecule has 0 fully saturated rings. The van der Waals surface area contributed by atoms with E-state index >= 15 is 0 Å². The van der Waals surface area contributed by atoms with Crippen LogP contribution in [-0.2, 0) is 0 Å². The molecule has 0 aliphatic rings. The molecule has 1 heterocycles. The topological polar surface area (TPSA) is 29.1 Å². The van der Waals surface area contributed by atoms with Crippen LogP contribution in [-0.4, -0.2) is 5.91 Å². The number of thiophene rings is 1. The van der Waals surface area contributed by atoms with Crippen molar-refractivity contribution in [3.63, 3.8) is 0 Å². The van der Waals surface area contributed by atoms with Gasteiger partial charge in [0.25, 0.3) is 5.91 Å². The number of halogens is 2. The third kappa shape index (κ3) is 3.50. The zero-order valence-electron chi connectivity index (χ0n) is 10.5. The standard InChI is InChI=1S/C14H13Cl2NOS/c1-8(2)9-4-3-5-10(6-9)17-14(18)11-7-12(15)19-13(11)16/h3-8H,1-2H3,(H,17,18). The van der Waals surface area contributed by atoms with Gasteiger partial charge in [-0.1, -0.05) is 49.2 Å². The lowest BCUT2D eigenvalue weighted by Crippen LogP contribution is -2.11. The molecule has 1 N–H and O–H groups in total. The van der Waals surface area contributed by atoms with Gasteiger partial charge in [0.05, 0.1) is 9.90 Å². The highest BCUT2D eigenvalue weighted by molar-refractivity contribution is 7.20. The number of benzene rings is 1. The van der Waals surface area contributed by atoms with E-state index in [1.165, 1.54) is 16.9 Å². The Bertz CT molecular complexity index is 607. The smallest absolute Gasteiger partial charge is 0.258 e. The van der Waals surface area contributed by atoms with Crippen molar-refractivity contribution in [2.45, 2.75) is 19.8 Å². The van der Waals surface area contributed by atoms with Gasteiger partial charge in [-0.05, 0) is 29.7 Å². The van der Waals surface area contributed by atoms with E-state index in [0.717, 1.165) is 5.69 Å². The summed E-state index contributed by atoms with van der Waals surface area (Å²) in [6.07, 6.45) is 0. The number of nitrogens with one attached hydrogen (secondary N) is 1. The first kappa shape index (κ1) is 14.4. The van der Waals surface area contributed by atoms with Gasteiger partial charge in [0.15, 0.2) is 0 Å². The summed E-state index contributed by atoms with van der Waals surface area (Å²) < 4.78 is 0.911. The van der Waals surface area contributed by atoms with Crippen LogP contribution >= 0.6 is 34.5 Å². The van der Waals surface area contributed by atoms with E-state index < -0.39 is 0 Å². The van der Waals surface area contributed by atoms with Crippen LogP contribution in [0.2, 0.25) is 8.67 Å². The van der Waals surface area contributed by atoms with Gasteiger partial charge in [0, 0.05) is 5.69 Å². The SMILES string of the molecule is CC(C)c1cccc(NC(=O)c2cc(Cl)sc2Cl)c1. The second-order valence-electron chi connectivity index (χ2n) is 4.47. The van der Waals surface area contributed by atoms with Crippen LogP contribution in [0.25, 0.3) is 0 Å². The molecule has 2 nitrogen and oxygen atoms in total. The first-order valence-electron chi connectivity index (χ1n) is 5.83. The molecule has 100 valence electrons. The molecular weight excluding hydrogens is 301 g/mol. The average molecular weight is 314 g/mol. The van der Waals surface area contributed by atoms with Crippen LogP contribution in [0.1, 0.15) is 35.7 Å². The Morgan fingerprint density at radius 2 is 2.00 bits per heavy atom. The molecule has 0 saturated carbocycles. The van der Waals surface area contributed by atoms with Gasteiger partial charge in [-0.25, -0.2) is 0 Å². The maximum Gasteiger partial charge on any atom is 0.258 e. The van der Waals surface area contributed by atoms with Gasteiger partial charge in [-0.2, -0.15) is 0 Å². The third-order valence-electron chi connectivity index (χ3n) is 2.71. The van der Waals surface area contributed by atoms with Crippen LogP contribution in [0, 0.1) is 0 Å². The number of rotatable bonds is 3. The summed E-state index contributed by atoms with van der Waals surface area (Å²) in [5, 5.41) is 2.83. The monoisotopic (exact) mass is 313 g/mol. The summed E-state index contributed by atoms with van der Waals surface area (Å²) in [5.41, 5.74) is 2.34. The minimum absolute atomic E-state index is 0.242. The Balaban J connectivity index is 2.19. The molecule has 1 aromatic heterocycles. The fraction of sp³-hybridized carbons (Fsp3) is 0.214. The number of hydrogen-bond acceptors (Lipinski definition) is 2. The van der Waals surface area contributed by atoms with E-state index in [4.69, 9.17) is 23.2 Å². The van der Waals surface area contributed by atoms with Gasteiger partial charge in [0.1, 0.15) is 4.34 Å². The third-order valence-corrected chi connectivity index (χ3v) is 4.20. The van der Waals surface area contributed by atoms with E-state index in [1.54, 1.807) is 6.07 Å². The molecule has 0 aliphatic heterocycles. The minimum atomic E-state index is -0.242. The number of carbonyl (C=O) groups is 1. The highest BCUT2D eigenvalue weighted by Crippen LogP contribution is 2.31. The minimum Gasteiger partial charge on any atom is -0.322 e. The Hall–Kier alpha value is -1.03. The molecule has 19 heavy (non-hydrogen) atoms. The molecule has 1 amide bonds. The van der Waals surface area contributed by atoms with Gasteiger partial charge in [-0.15, -0.1) is 11.3 Å². The summed E-state index contributed by atoms with van der Waals surface area (Å²) in [6.45, 7) is 4.22. The van der Waals surface area contributed by atoms with Crippen molar-refractivity contribution in [1.82, 2.24) is 0 Å². The van der Waals surface area contributed by atoms with E-state index in [2.05, 4.69) is 19.2 Å². The first-order valence-corrected chi connectivity index (χ1v) is 7.40. The average Bonchev–Trinajstić information content (AvgIpc) is 2.69. The number of carbonyl (C=O) groups excluding carboxylic acids is 1. The van der Waals surface area contributed by atoms with Gasteiger partial charge in [0.2, 0.25) is 0 Å². The molecule has 5 heteroatoms. The molecule has 0 aliphatic carbocycles. The zero-order chi connectivity index (χ0) is 14.0. The maximum absolute atomic E-state index is 12.1. The van der Waals surface area contributed by atoms with E-state index in [9.17, 15) is 4.79 Å². The Morgan fingerprint density at radius 3 is 2.58 bits per heavy atom. The molecule has 2 aromatic rings. The quantitative estimate of drug-likeness (QED) is 0.804. The summed E-state index contributed by atoms with van der Waals surface area (Å²) >= 11 is 13.0. The van der Waals surface area contributed by atoms with Crippen molar-refractivity contribution in [3.05, 3.63) is 50.1 Å². The van der Waals surface area contributed by atoms with Crippen molar-refractivity contribution >= 4 is 46.1 Å². The lowest BCUT2D eigenvalue weighted by Gasteiger charge is -2.09. The number of anilines is 1. The van der Waals surface area contributed by atoms with Gasteiger partial charge < -0.3 is 5.32 Å². The Labute approximate surface area is 126 Å². The van der Waals surface area contributed by atoms with Gasteiger partial charge >= 0.3 is 0 Å². The van der Waals surface area contributed by atoms with Crippen LogP contribution in [0.5, 0.6) is 0 Å². The first-order chi connectivity index (χ1) is 8.97. The van der Waals surface area contributed by atoms with Crippen LogP contribution < -0.4 is 5.32 Å². The molecule has 1 aromatic carbocycles. The fourth-order valence-electron chi connectivity index (χ4n) is 1.67. The maximum atomic E-state index is 12.1. The van der Waals surface area contributed by atoms with Crippen molar-refractivity contribution in [1.29, 1.82) is 0 Å². The van der Waals surface area contributed by atoms with Gasteiger partial charge in [-0.3, -0.25) is 4.79 Å². The molecule has 0 saturated heterocycles. The second-order valence-corrected chi connectivity index (χ2v) is 6.76. The van der Waals surface area contributed by atoms with E-state index in [0.29, 0.717) is 20.2 Å². The summed E-state index contributed by atoms with van der Waals surface area (Å²) in [7, 11) is 0. The molecule has 0 atom stereocenters. The van der Waals surface area contributed by atoms with Crippen LogP contribution in [0.4, 0.5) is 5.69 Å². The normalized spacial score (nSPS) is 10.8. The number of hydrogen-bond donors (Lipinski definition) is 1. The van der Waals surface area contributed by atoms with Crippen LogP contribution in [0.15, 0.2) is 30.3 Å². The molecule has 0 radical (unpaired) electrons. The molecule has 0 unspecified atom stereocenters. The Morgan fingerprint density at radius 1 is 1.26 bits per heavy atom. The summed E-state index contributed by atoms with van der Waals surface area (Å²) in [5.74, 6) is 0.171. The Kier molecular flexibility index (Phi) is 4.50. The lowest BCUT2D eigenvalue weighted by molar-refractivity contribution is 0.102. The molecule has 2 rings (SSSR count). The van der Waals surface area contributed by atoms with Crippen molar-refractivity contribution in [2.75, 3.05) is 5.32 Å². The molecular formula is C14H13Cl2NOS. The van der Waals surface area contributed by atoms with Crippen molar-refractivity contribution in [3.8, 4) is 0 Å². The highest BCUT2D eigenvalue weighted by atomic mass is 35.5. The lowest BCUT2D eigenvalue weighted by atomic mass is 10.0. The molecule has 0 bridgehead atoms. The highest BCUT2D eigenvalue weighted by Gasteiger charge is 2.14. The predicted molar refractivity (Wildman–Crippen MR) is 82.8 cm³/mol. The number of amides is 1. The second kappa shape index (κ2) is 5.95. The van der Waals surface area contributed by atoms with Crippen molar-refractivity contribution in [2.24, 2.45) is 0 Å². The predicted octanol–water partition coefficient (Wildman–Crippen LogP) is 5.43. The zero-order valence-corrected chi connectivity index (χ0v) is 12.9. The van der Waals surface area contributed by atoms with Crippen LogP contribution in [0.3, 0.4) is 0 Å². The summed E-state index contributed by atoms with van der Waals surface area (Å²) in [6, 6.07) is 9.36.